The maximum Gasteiger partial charge on any atom is 0.318 e. The number of hydrogen-bond acceptors (Lipinski definition) is 6. The van der Waals surface area contributed by atoms with E-state index in [9.17, 15) is 9.59 Å². The first-order chi connectivity index (χ1) is 11.0. The Morgan fingerprint density at radius 3 is 3.09 bits per heavy atom. The summed E-state index contributed by atoms with van der Waals surface area (Å²) in [4.78, 5) is 28.7. The topological polar surface area (TPSA) is 124 Å². The van der Waals surface area contributed by atoms with Gasteiger partial charge in [-0.2, -0.15) is 5.26 Å². The first kappa shape index (κ1) is 16.7. The zero-order valence-electron chi connectivity index (χ0n) is 13.0. The van der Waals surface area contributed by atoms with Crippen molar-refractivity contribution in [3.05, 3.63) is 23.9 Å². The molecular weight excluding hydrogens is 296 g/mol. The molecule has 0 bridgehead atoms. The third kappa shape index (κ3) is 4.40. The molecule has 122 valence electrons. The Kier molecular flexibility index (Phi) is 5.49. The van der Waals surface area contributed by atoms with Crippen LogP contribution in [0.1, 0.15) is 18.9 Å². The summed E-state index contributed by atoms with van der Waals surface area (Å²) < 4.78 is 0. The van der Waals surface area contributed by atoms with E-state index in [4.69, 9.17) is 11.0 Å². The van der Waals surface area contributed by atoms with Crippen molar-refractivity contribution in [3.8, 4) is 6.07 Å². The van der Waals surface area contributed by atoms with Crippen LogP contribution in [0.3, 0.4) is 0 Å². The number of rotatable bonds is 5. The number of urea groups is 1. The monoisotopic (exact) mass is 316 g/mol. The number of nitrogens with one attached hydrogen (secondary N) is 2. The number of pyridine rings is 1. The van der Waals surface area contributed by atoms with Gasteiger partial charge in [-0.05, 0) is 37.9 Å². The predicted molar refractivity (Wildman–Crippen MR) is 84.3 cm³/mol. The molecule has 0 spiro atoms. The average molecular weight is 316 g/mol. The number of nitriles is 1. The molecule has 1 aromatic rings. The summed E-state index contributed by atoms with van der Waals surface area (Å²) in [5.41, 5.74) is 5.47. The molecule has 0 radical (unpaired) electrons. The van der Waals surface area contributed by atoms with E-state index < -0.39 is 12.1 Å². The molecule has 0 saturated carbocycles. The highest BCUT2D eigenvalue weighted by Crippen LogP contribution is 2.20. The average Bonchev–Trinajstić information content (AvgIpc) is 3.00. The van der Waals surface area contributed by atoms with Gasteiger partial charge in [0.2, 0.25) is 5.91 Å². The van der Waals surface area contributed by atoms with Gasteiger partial charge in [0.1, 0.15) is 11.9 Å². The Morgan fingerprint density at radius 2 is 2.39 bits per heavy atom. The van der Waals surface area contributed by atoms with E-state index in [0.29, 0.717) is 23.8 Å². The molecule has 1 fully saturated rings. The maximum absolute atomic E-state index is 11.8. The lowest BCUT2D eigenvalue weighted by molar-refractivity contribution is -0.124. The predicted octanol–water partition coefficient (Wildman–Crippen LogP) is 0.270. The molecule has 0 aromatic carbocycles. The minimum absolute atomic E-state index is 0.340. The van der Waals surface area contributed by atoms with Gasteiger partial charge in [-0.1, -0.05) is 0 Å². The number of aromatic nitrogens is 1. The van der Waals surface area contributed by atoms with Gasteiger partial charge in [-0.3, -0.25) is 15.0 Å². The van der Waals surface area contributed by atoms with Gasteiger partial charge in [0.25, 0.3) is 0 Å². The number of amides is 3. The Morgan fingerprint density at radius 1 is 1.61 bits per heavy atom. The summed E-state index contributed by atoms with van der Waals surface area (Å²) in [6, 6.07) is 4.30. The number of carbonyl (C=O) groups excluding carboxylic acids is 2. The highest BCUT2D eigenvalue weighted by Gasteiger charge is 2.30. The first-order valence-electron chi connectivity index (χ1n) is 7.44. The van der Waals surface area contributed by atoms with Crippen molar-refractivity contribution < 1.29 is 9.59 Å². The highest BCUT2D eigenvalue weighted by atomic mass is 16.2. The molecule has 2 rings (SSSR count). The molecule has 4 N–H and O–H groups in total. The number of carbonyl (C=O) groups is 2. The maximum atomic E-state index is 11.8. The zero-order chi connectivity index (χ0) is 16.8. The normalized spacial score (nSPS) is 18.9. The third-order valence-electron chi connectivity index (χ3n) is 3.98. The molecule has 1 aromatic heterocycles. The van der Waals surface area contributed by atoms with Gasteiger partial charge in [0, 0.05) is 19.3 Å². The van der Waals surface area contributed by atoms with E-state index >= 15 is 0 Å². The van der Waals surface area contributed by atoms with Crippen molar-refractivity contribution in [1.82, 2.24) is 15.2 Å². The van der Waals surface area contributed by atoms with E-state index in [0.717, 1.165) is 19.5 Å². The van der Waals surface area contributed by atoms with Gasteiger partial charge in [0.05, 0.1) is 11.6 Å². The van der Waals surface area contributed by atoms with Crippen molar-refractivity contribution in [2.45, 2.75) is 19.4 Å². The number of primary amides is 1. The van der Waals surface area contributed by atoms with Crippen molar-refractivity contribution in [3.63, 3.8) is 0 Å². The summed E-state index contributed by atoms with van der Waals surface area (Å²) in [5, 5.41) is 14.3. The number of anilines is 1. The molecule has 2 unspecified atom stereocenters. The molecule has 0 aliphatic carbocycles. The Hall–Kier alpha value is -2.66. The zero-order valence-corrected chi connectivity index (χ0v) is 13.0. The van der Waals surface area contributed by atoms with E-state index in [2.05, 4.69) is 21.7 Å². The van der Waals surface area contributed by atoms with E-state index in [1.165, 1.54) is 0 Å². The van der Waals surface area contributed by atoms with Crippen LogP contribution < -0.4 is 16.4 Å². The minimum atomic E-state index is -0.835. The summed E-state index contributed by atoms with van der Waals surface area (Å²) in [5.74, 6) is 0.531. The summed E-state index contributed by atoms with van der Waals surface area (Å²) in [7, 11) is 0. The van der Waals surface area contributed by atoms with Crippen molar-refractivity contribution >= 4 is 17.8 Å². The molecule has 8 heteroatoms. The van der Waals surface area contributed by atoms with Crippen LogP contribution in [0.5, 0.6) is 0 Å². The van der Waals surface area contributed by atoms with E-state index in [-0.39, 0.29) is 5.91 Å². The van der Waals surface area contributed by atoms with Crippen LogP contribution in [0.15, 0.2) is 18.3 Å². The molecular formula is C15H20N6O2. The van der Waals surface area contributed by atoms with Crippen LogP contribution in [-0.4, -0.2) is 47.5 Å². The number of nitrogens with two attached hydrogens (primary N) is 1. The van der Waals surface area contributed by atoms with Crippen molar-refractivity contribution in [2.75, 3.05) is 25.0 Å². The first-order valence-corrected chi connectivity index (χ1v) is 7.44. The standard InChI is InChI=1S/C15H20N6O2/c1-10(14(22)20-15(17)23)21-6-4-11(9-21)8-19-13-12(7-16)3-2-5-18-13/h2-3,5,10-11H,4,6,8-9H2,1H3,(H,18,19)(H3,17,20,22,23). The van der Waals surface area contributed by atoms with E-state index in [1.54, 1.807) is 25.3 Å². The van der Waals surface area contributed by atoms with Crippen LogP contribution in [0.25, 0.3) is 0 Å². The lowest BCUT2D eigenvalue weighted by Crippen LogP contribution is -2.47. The fraction of sp³-hybridized carbons (Fsp3) is 0.467. The van der Waals surface area contributed by atoms with Gasteiger partial charge < -0.3 is 11.1 Å². The van der Waals surface area contributed by atoms with Crippen LogP contribution >= 0.6 is 0 Å². The fourth-order valence-corrected chi connectivity index (χ4v) is 2.65. The number of hydrogen-bond donors (Lipinski definition) is 3. The van der Waals surface area contributed by atoms with Crippen LogP contribution in [0.4, 0.5) is 10.6 Å². The highest BCUT2D eigenvalue weighted by molar-refractivity contribution is 5.96. The SMILES string of the molecule is CC(C(=O)NC(N)=O)N1CCC(CNc2ncccc2C#N)C1. The second kappa shape index (κ2) is 7.56. The number of likely N-dealkylation sites (tertiary alicyclic amines) is 1. The van der Waals surface area contributed by atoms with Gasteiger partial charge in [-0.15, -0.1) is 0 Å². The Bertz CT molecular complexity index is 627. The number of imide groups is 1. The van der Waals surface area contributed by atoms with Crippen molar-refractivity contribution in [2.24, 2.45) is 11.7 Å². The number of nitrogens with zero attached hydrogens (tertiary/aromatic N) is 3. The molecule has 23 heavy (non-hydrogen) atoms. The van der Waals surface area contributed by atoms with Gasteiger partial charge in [0.15, 0.2) is 0 Å². The lowest BCUT2D eigenvalue weighted by atomic mass is 10.1. The Balaban J connectivity index is 1.85. The van der Waals surface area contributed by atoms with Crippen LogP contribution in [-0.2, 0) is 4.79 Å². The fourth-order valence-electron chi connectivity index (χ4n) is 2.65. The molecule has 1 saturated heterocycles. The smallest absolute Gasteiger partial charge is 0.318 e. The Labute approximate surface area is 134 Å². The summed E-state index contributed by atoms with van der Waals surface area (Å²) >= 11 is 0. The molecule has 3 amide bonds. The quantitative estimate of drug-likeness (QED) is 0.716. The van der Waals surface area contributed by atoms with E-state index in [1.807, 2.05) is 4.90 Å². The molecule has 2 heterocycles. The van der Waals surface area contributed by atoms with Gasteiger partial charge in [-0.25, -0.2) is 9.78 Å². The summed E-state index contributed by atoms with van der Waals surface area (Å²) in [6.45, 7) is 3.93. The van der Waals surface area contributed by atoms with Crippen molar-refractivity contribution in [1.29, 1.82) is 5.26 Å². The van der Waals surface area contributed by atoms with Crippen LogP contribution in [0.2, 0.25) is 0 Å². The largest absolute Gasteiger partial charge is 0.369 e. The summed E-state index contributed by atoms with van der Waals surface area (Å²) in [6.07, 6.45) is 2.57. The van der Waals surface area contributed by atoms with Crippen LogP contribution in [0, 0.1) is 17.2 Å². The third-order valence-corrected chi connectivity index (χ3v) is 3.98. The molecule has 1 aliphatic heterocycles. The lowest BCUT2D eigenvalue weighted by Gasteiger charge is -2.22. The van der Waals surface area contributed by atoms with Gasteiger partial charge >= 0.3 is 6.03 Å². The molecule has 1 aliphatic rings. The second-order valence-corrected chi connectivity index (χ2v) is 5.57. The second-order valence-electron chi connectivity index (χ2n) is 5.57. The molecule has 2 atom stereocenters. The molecule has 8 nitrogen and oxygen atoms in total. The minimum Gasteiger partial charge on any atom is -0.369 e.